The van der Waals surface area contributed by atoms with Gasteiger partial charge in [0.2, 0.25) is 0 Å². The summed E-state index contributed by atoms with van der Waals surface area (Å²) in [6.45, 7) is 0. The fourth-order valence-electron chi connectivity index (χ4n) is 2.94. The van der Waals surface area contributed by atoms with Gasteiger partial charge in [0.25, 0.3) is 0 Å². The Bertz CT molecular complexity index is 868. The van der Waals surface area contributed by atoms with E-state index in [2.05, 4.69) is 26.5 Å². The van der Waals surface area contributed by atoms with Gasteiger partial charge in [-0.15, -0.1) is 6.42 Å². The van der Waals surface area contributed by atoms with Gasteiger partial charge in [0.15, 0.2) is 6.21 Å². The summed E-state index contributed by atoms with van der Waals surface area (Å²) in [7, 11) is 0. The molecule has 1 saturated carbocycles. The minimum Gasteiger partial charge on any atom is -0.381 e. The minimum absolute atomic E-state index is 0.446. The van der Waals surface area contributed by atoms with E-state index in [-0.39, 0.29) is 0 Å². The summed E-state index contributed by atoms with van der Waals surface area (Å²) in [4.78, 5) is 8.59. The highest BCUT2D eigenvalue weighted by Gasteiger charge is 2.16. The van der Waals surface area contributed by atoms with Gasteiger partial charge in [-0.05, 0) is 18.9 Å². The molecule has 4 N–H and O–H groups in total. The van der Waals surface area contributed by atoms with Crippen molar-refractivity contribution in [1.29, 1.82) is 5.26 Å². The van der Waals surface area contributed by atoms with E-state index in [0.29, 0.717) is 28.8 Å². The average molecular weight is 331 g/mol. The number of anilines is 3. The third-order valence-corrected chi connectivity index (χ3v) is 4.25. The number of hydrogen-bond donors (Lipinski definition) is 3. The van der Waals surface area contributed by atoms with Crippen LogP contribution in [0.2, 0.25) is 0 Å². The first-order chi connectivity index (χ1) is 12.2. The molecule has 2 heterocycles. The zero-order valence-corrected chi connectivity index (χ0v) is 13.8. The third kappa shape index (κ3) is 3.76. The van der Waals surface area contributed by atoms with Gasteiger partial charge in [-0.3, -0.25) is 5.41 Å². The molecule has 0 atom stereocenters. The molecule has 6 heteroatoms. The summed E-state index contributed by atoms with van der Waals surface area (Å²) < 4.78 is 0. The van der Waals surface area contributed by atoms with Gasteiger partial charge in [-0.1, -0.05) is 18.8 Å². The predicted molar refractivity (Wildman–Crippen MR) is 97.4 cm³/mol. The molecule has 0 saturated heterocycles. The Hall–Kier alpha value is -3.38. The lowest BCUT2D eigenvalue weighted by molar-refractivity contribution is -0.104. The quantitative estimate of drug-likeness (QED) is 0.571. The van der Waals surface area contributed by atoms with Crippen LogP contribution in [0, 0.1) is 23.7 Å². The van der Waals surface area contributed by atoms with E-state index in [1.54, 1.807) is 12.3 Å². The molecule has 25 heavy (non-hydrogen) atoms. The van der Waals surface area contributed by atoms with Crippen LogP contribution in [0.5, 0.6) is 0 Å². The second-order valence-electron chi connectivity index (χ2n) is 5.95. The fraction of sp³-hybridized carbons (Fsp3) is 0.263. The maximum absolute atomic E-state index is 8.96. The van der Waals surface area contributed by atoms with Crippen molar-refractivity contribution in [2.45, 2.75) is 31.7 Å². The van der Waals surface area contributed by atoms with Gasteiger partial charge in [0.1, 0.15) is 17.7 Å². The van der Waals surface area contributed by atoms with Crippen LogP contribution in [-0.4, -0.2) is 22.2 Å². The number of rotatable bonds is 5. The van der Waals surface area contributed by atoms with Crippen LogP contribution in [0.25, 0.3) is 0 Å². The van der Waals surface area contributed by atoms with Gasteiger partial charge in [0, 0.05) is 24.5 Å². The molecule has 2 aromatic rings. The number of nitrogens with one attached hydrogen (secondary N) is 2. The Balaban J connectivity index is 1.87. The highest BCUT2D eigenvalue weighted by molar-refractivity contribution is 5.84. The van der Waals surface area contributed by atoms with Crippen LogP contribution < -0.4 is 16.0 Å². The molecule has 0 radical (unpaired) electrons. The average Bonchev–Trinajstić information content (AvgIpc) is 3.15. The number of nitrogens with two attached hydrogens (primary N) is 1. The monoisotopic (exact) mass is 331 g/mol. The first kappa shape index (κ1) is 16.5. The molecule has 0 unspecified atom stereocenters. The van der Waals surface area contributed by atoms with E-state index in [1.807, 2.05) is 12.1 Å². The summed E-state index contributed by atoms with van der Waals surface area (Å²) in [5, 5.41) is 21.3. The van der Waals surface area contributed by atoms with Gasteiger partial charge in [0.05, 0.1) is 22.4 Å². The Kier molecular flexibility index (Phi) is 4.92. The Morgan fingerprint density at radius 3 is 2.72 bits per heavy atom. The SMILES string of the molecule is C#Cc1cnc(Nc2ncc(C#N)cc2C=[NH2+])cc1NC1CCCC1. The van der Waals surface area contributed by atoms with E-state index < -0.39 is 0 Å². The Morgan fingerprint density at radius 1 is 1.24 bits per heavy atom. The molecule has 1 aliphatic rings. The lowest BCUT2D eigenvalue weighted by atomic mass is 10.2. The maximum atomic E-state index is 8.96. The lowest BCUT2D eigenvalue weighted by Gasteiger charge is -2.16. The van der Waals surface area contributed by atoms with Crippen molar-refractivity contribution in [3.05, 3.63) is 41.2 Å². The first-order valence-corrected chi connectivity index (χ1v) is 8.19. The van der Waals surface area contributed by atoms with Crippen molar-refractivity contribution in [1.82, 2.24) is 9.97 Å². The summed E-state index contributed by atoms with van der Waals surface area (Å²) in [6, 6.07) is 6.04. The van der Waals surface area contributed by atoms with Crippen LogP contribution in [0.4, 0.5) is 17.3 Å². The predicted octanol–water partition coefficient (Wildman–Crippen LogP) is 1.61. The lowest BCUT2D eigenvalue weighted by Crippen LogP contribution is -2.30. The smallest absolute Gasteiger partial charge is 0.171 e. The zero-order chi connectivity index (χ0) is 17.6. The summed E-state index contributed by atoms with van der Waals surface area (Å²) in [5.74, 6) is 3.81. The van der Waals surface area contributed by atoms with Gasteiger partial charge in [-0.25, -0.2) is 9.97 Å². The molecule has 0 amide bonds. The van der Waals surface area contributed by atoms with Crippen molar-refractivity contribution >= 4 is 23.5 Å². The molecule has 2 aromatic heterocycles. The molecule has 3 rings (SSSR count). The number of nitriles is 1. The summed E-state index contributed by atoms with van der Waals surface area (Å²) in [5.41, 5.74) is 2.70. The molecule has 124 valence electrons. The number of pyridine rings is 2. The van der Waals surface area contributed by atoms with Crippen molar-refractivity contribution < 1.29 is 5.41 Å². The van der Waals surface area contributed by atoms with Crippen LogP contribution in [0.3, 0.4) is 0 Å². The normalized spacial score (nSPS) is 13.7. The van der Waals surface area contributed by atoms with Crippen molar-refractivity contribution in [2.75, 3.05) is 10.6 Å². The maximum Gasteiger partial charge on any atom is 0.171 e. The van der Waals surface area contributed by atoms with Crippen LogP contribution in [-0.2, 0) is 0 Å². The van der Waals surface area contributed by atoms with E-state index >= 15 is 0 Å². The number of aromatic nitrogens is 2. The first-order valence-electron chi connectivity index (χ1n) is 8.19. The van der Waals surface area contributed by atoms with Crippen molar-refractivity contribution in [3.63, 3.8) is 0 Å². The summed E-state index contributed by atoms with van der Waals surface area (Å²) >= 11 is 0. The molecular formula is C19H19N6+. The van der Waals surface area contributed by atoms with E-state index in [4.69, 9.17) is 17.1 Å². The molecule has 1 fully saturated rings. The molecule has 0 aromatic carbocycles. The van der Waals surface area contributed by atoms with E-state index in [1.165, 1.54) is 25.3 Å². The molecular weight excluding hydrogens is 312 g/mol. The third-order valence-electron chi connectivity index (χ3n) is 4.25. The zero-order valence-electron chi connectivity index (χ0n) is 13.8. The fourth-order valence-corrected chi connectivity index (χ4v) is 2.94. The van der Waals surface area contributed by atoms with Crippen LogP contribution >= 0.6 is 0 Å². The molecule has 6 nitrogen and oxygen atoms in total. The largest absolute Gasteiger partial charge is 0.381 e. The number of nitrogens with zero attached hydrogens (tertiary/aromatic N) is 3. The van der Waals surface area contributed by atoms with E-state index in [0.717, 1.165) is 24.1 Å². The van der Waals surface area contributed by atoms with Gasteiger partial charge >= 0.3 is 0 Å². The van der Waals surface area contributed by atoms with Crippen molar-refractivity contribution in [3.8, 4) is 18.4 Å². The second kappa shape index (κ2) is 7.46. The molecule has 0 aliphatic heterocycles. The highest BCUT2D eigenvalue weighted by atomic mass is 15.1. The van der Waals surface area contributed by atoms with Crippen LogP contribution in [0.1, 0.15) is 42.4 Å². The Labute approximate surface area is 146 Å². The topological polar surface area (TPSA) is 99.2 Å². The van der Waals surface area contributed by atoms with Gasteiger partial charge in [-0.2, -0.15) is 5.26 Å². The number of terminal acetylenes is 1. The van der Waals surface area contributed by atoms with Gasteiger partial charge < -0.3 is 10.6 Å². The van der Waals surface area contributed by atoms with Crippen molar-refractivity contribution in [2.24, 2.45) is 0 Å². The second-order valence-corrected chi connectivity index (χ2v) is 5.95. The Morgan fingerprint density at radius 2 is 2.04 bits per heavy atom. The standard InChI is InChI=1S/C19H18N6/c1-2-14-12-22-18(8-17(14)24-16-5-3-4-6-16)25-19-15(10-21)7-13(9-20)11-23-19/h1,7-8,10-12,16,21H,3-6H2,(H2,22,23,24,25)/p+1. The number of hydrogen-bond acceptors (Lipinski definition) is 5. The van der Waals surface area contributed by atoms with Crippen LogP contribution in [0.15, 0.2) is 24.5 Å². The highest BCUT2D eigenvalue weighted by Crippen LogP contribution is 2.26. The molecule has 0 spiro atoms. The summed E-state index contributed by atoms with van der Waals surface area (Å²) in [6.07, 6.45) is 14.9. The molecule has 1 aliphatic carbocycles. The minimum atomic E-state index is 0.446. The molecule has 0 bridgehead atoms. The van der Waals surface area contributed by atoms with E-state index in [9.17, 15) is 0 Å².